The Hall–Kier alpha value is -2.93. The number of hydrogen-bond donors (Lipinski definition) is 3. The molecule has 4 rings (SSSR count). The lowest BCUT2D eigenvalue weighted by Crippen LogP contribution is -2.57. The Bertz CT molecular complexity index is 929. The summed E-state index contributed by atoms with van der Waals surface area (Å²) in [6.45, 7) is 1.29. The van der Waals surface area contributed by atoms with Crippen molar-refractivity contribution in [3.63, 3.8) is 0 Å². The number of anilines is 1. The molecule has 0 aromatic heterocycles. The molecule has 0 saturated heterocycles. The molecule has 0 unspecified atom stereocenters. The van der Waals surface area contributed by atoms with Crippen molar-refractivity contribution >= 4 is 29.2 Å². The van der Waals surface area contributed by atoms with Crippen molar-refractivity contribution in [3.05, 3.63) is 53.1 Å². The SMILES string of the molecule is O=C(NCc1ccccc1)NC1(C(=O)Nc2cc3c(cc2Cl)OCCO3)CCCC1. The Morgan fingerprint density at radius 3 is 2.37 bits per heavy atom. The molecule has 0 bridgehead atoms. The fourth-order valence-corrected chi connectivity index (χ4v) is 4.03. The van der Waals surface area contributed by atoms with Crippen molar-refractivity contribution in [3.8, 4) is 11.5 Å². The molecule has 1 aliphatic carbocycles. The van der Waals surface area contributed by atoms with Crippen LogP contribution in [0.4, 0.5) is 10.5 Å². The van der Waals surface area contributed by atoms with Gasteiger partial charge in [-0.15, -0.1) is 0 Å². The molecule has 7 nitrogen and oxygen atoms in total. The molecular weight excluding hydrogens is 406 g/mol. The van der Waals surface area contributed by atoms with Gasteiger partial charge in [0.1, 0.15) is 18.8 Å². The van der Waals surface area contributed by atoms with E-state index in [0.29, 0.717) is 54.8 Å². The maximum atomic E-state index is 13.2. The van der Waals surface area contributed by atoms with Crippen LogP contribution in [0.15, 0.2) is 42.5 Å². The van der Waals surface area contributed by atoms with Crippen molar-refractivity contribution < 1.29 is 19.1 Å². The molecule has 3 amide bonds. The number of carbonyl (C=O) groups excluding carboxylic acids is 2. The van der Waals surface area contributed by atoms with Gasteiger partial charge in [0, 0.05) is 18.7 Å². The van der Waals surface area contributed by atoms with Crippen LogP contribution in [-0.4, -0.2) is 30.7 Å². The van der Waals surface area contributed by atoms with Crippen LogP contribution in [0, 0.1) is 0 Å². The van der Waals surface area contributed by atoms with Crippen LogP contribution in [0.1, 0.15) is 31.2 Å². The normalized spacial score (nSPS) is 16.6. The molecule has 8 heteroatoms. The monoisotopic (exact) mass is 429 g/mol. The van der Waals surface area contributed by atoms with Crippen LogP contribution in [0.5, 0.6) is 11.5 Å². The molecule has 1 heterocycles. The first-order valence-corrected chi connectivity index (χ1v) is 10.4. The number of rotatable bonds is 5. The number of urea groups is 1. The zero-order valence-corrected chi connectivity index (χ0v) is 17.3. The molecule has 2 aromatic carbocycles. The molecule has 0 atom stereocenters. The minimum atomic E-state index is -0.975. The summed E-state index contributed by atoms with van der Waals surface area (Å²) in [4.78, 5) is 25.7. The van der Waals surface area contributed by atoms with E-state index >= 15 is 0 Å². The van der Waals surface area contributed by atoms with Gasteiger partial charge in [-0.25, -0.2) is 4.79 Å². The number of halogens is 1. The lowest BCUT2D eigenvalue weighted by atomic mass is 9.96. The number of fused-ring (bicyclic) bond motifs is 1. The van der Waals surface area contributed by atoms with Gasteiger partial charge in [0.15, 0.2) is 11.5 Å². The topological polar surface area (TPSA) is 88.7 Å². The van der Waals surface area contributed by atoms with E-state index in [4.69, 9.17) is 21.1 Å². The van der Waals surface area contributed by atoms with Crippen molar-refractivity contribution in [1.82, 2.24) is 10.6 Å². The highest BCUT2D eigenvalue weighted by molar-refractivity contribution is 6.34. The Balaban J connectivity index is 1.44. The summed E-state index contributed by atoms with van der Waals surface area (Å²) in [6.07, 6.45) is 2.86. The molecular formula is C22H24ClN3O4. The van der Waals surface area contributed by atoms with Crippen LogP contribution in [-0.2, 0) is 11.3 Å². The van der Waals surface area contributed by atoms with Crippen LogP contribution in [0.3, 0.4) is 0 Å². The van der Waals surface area contributed by atoms with Gasteiger partial charge >= 0.3 is 6.03 Å². The third-order valence-corrected chi connectivity index (χ3v) is 5.73. The number of benzene rings is 2. The smallest absolute Gasteiger partial charge is 0.315 e. The summed E-state index contributed by atoms with van der Waals surface area (Å²) in [6, 6.07) is 12.5. The van der Waals surface area contributed by atoms with Gasteiger partial charge in [-0.2, -0.15) is 0 Å². The Morgan fingerprint density at radius 1 is 1.00 bits per heavy atom. The summed E-state index contributed by atoms with van der Waals surface area (Å²) in [5, 5.41) is 8.96. The van der Waals surface area contributed by atoms with Crippen LogP contribution in [0.25, 0.3) is 0 Å². The van der Waals surface area contributed by atoms with Gasteiger partial charge in [-0.3, -0.25) is 4.79 Å². The Morgan fingerprint density at radius 2 is 1.67 bits per heavy atom. The molecule has 2 aromatic rings. The molecule has 3 N–H and O–H groups in total. The van der Waals surface area contributed by atoms with Gasteiger partial charge in [0.2, 0.25) is 5.91 Å². The van der Waals surface area contributed by atoms with E-state index < -0.39 is 5.54 Å². The summed E-state index contributed by atoms with van der Waals surface area (Å²) in [5.41, 5.74) is 0.446. The van der Waals surface area contributed by atoms with E-state index in [2.05, 4.69) is 16.0 Å². The molecule has 30 heavy (non-hydrogen) atoms. The van der Waals surface area contributed by atoms with E-state index in [-0.39, 0.29) is 11.9 Å². The maximum Gasteiger partial charge on any atom is 0.315 e. The Labute approximate surface area is 180 Å². The van der Waals surface area contributed by atoms with Crippen molar-refractivity contribution in [2.75, 3.05) is 18.5 Å². The number of nitrogens with one attached hydrogen (secondary N) is 3. The van der Waals surface area contributed by atoms with Gasteiger partial charge < -0.3 is 25.4 Å². The van der Waals surface area contributed by atoms with Crippen LogP contribution < -0.4 is 25.4 Å². The van der Waals surface area contributed by atoms with E-state index in [1.165, 1.54) is 0 Å². The number of ether oxygens (including phenoxy) is 2. The highest BCUT2D eigenvalue weighted by Gasteiger charge is 2.42. The average molecular weight is 430 g/mol. The van der Waals surface area contributed by atoms with Crippen molar-refractivity contribution in [2.24, 2.45) is 0 Å². The molecule has 0 spiro atoms. The Kier molecular flexibility index (Phi) is 5.99. The van der Waals surface area contributed by atoms with E-state index in [0.717, 1.165) is 18.4 Å². The summed E-state index contributed by atoms with van der Waals surface area (Å²) < 4.78 is 11.1. The molecule has 1 fully saturated rings. The van der Waals surface area contributed by atoms with E-state index in [9.17, 15) is 9.59 Å². The lowest BCUT2D eigenvalue weighted by Gasteiger charge is -2.29. The second-order valence-electron chi connectivity index (χ2n) is 7.51. The van der Waals surface area contributed by atoms with Gasteiger partial charge in [-0.05, 0) is 18.4 Å². The number of carbonyl (C=O) groups is 2. The largest absolute Gasteiger partial charge is 0.486 e. The maximum absolute atomic E-state index is 13.2. The standard InChI is InChI=1S/C22H24ClN3O4/c23-16-12-18-19(30-11-10-29-18)13-17(16)25-20(27)22(8-4-5-9-22)26-21(28)24-14-15-6-2-1-3-7-15/h1-3,6-7,12-13H,4-5,8-11,14H2,(H,25,27)(H2,24,26,28). The minimum absolute atomic E-state index is 0.284. The summed E-state index contributed by atoms with van der Waals surface area (Å²) >= 11 is 6.33. The third-order valence-electron chi connectivity index (χ3n) is 5.42. The summed E-state index contributed by atoms with van der Waals surface area (Å²) in [7, 11) is 0. The predicted molar refractivity (Wildman–Crippen MR) is 114 cm³/mol. The molecule has 0 radical (unpaired) electrons. The number of hydrogen-bond acceptors (Lipinski definition) is 4. The molecule has 2 aliphatic rings. The zero-order chi connectivity index (χ0) is 21.0. The summed E-state index contributed by atoms with van der Waals surface area (Å²) in [5.74, 6) is 0.807. The second kappa shape index (κ2) is 8.83. The van der Waals surface area contributed by atoms with Crippen LogP contribution in [0.2, 0.25) is 5.02 Å². The predicted octanol–water partition coefficient (Wildman–Crippen LogP) is 3.86. The lowest BCUT2D eigenvalue weighted by molar-refractivity contribution is -0.121. The first kappa shape index (κ1) is 20.3. The van der Waals surface area contributed by atoms with E-state index in [1.54, 1.807) is 12.1 Å². The highest BCUT2D eigenvalue weighted by Crippen LogP contribution is 2.39. The average Bonchev–Trinajstić information content (AvgIpc) is 3.23. The second-order valence-corrected chi connectivity index (χ2v) is 7.92. The molecule has 158 valence electrons. The van der Waals surface area contributed by atoms with E-state index in [1.807, 2.05) is 30.3 Å². The van der Waals surface area contributed by atoms with Gasteiger partial charge in [-0.1, -0.05) is 54.8 Å². The zero-order valence-electron chi connectivity index (χ0n) is 16.5. The number of amides is 3. The fraction of sp³-hybridized carbons (Fsp3) is 0.364. The van der Waals surface area contributed by atoms with Gasteiger partial charge in [0.25, 0.3) is 0 Å². The highest BCUT2D eigenvalue weighted by atomic mass is 35.5. The van der Waals surface area contributed by atoms with Crippen molar-refractivity contribution in [1.29, 1.82) is 0 Å². The quantitative estimate of drug-likeness (QED) is 0.673. The minimum Gasteiger partial charge on any atom is -0.486 e. The van der Waals surface area contributed by atoms with Crippen LogP contribution >= 0.6 is 11.6 Å². The first-order chi connectivity index (χ1) is 14.6. The fourth-order valence-electron chi connectivity index (χ4n) is 3.83. The van der Waals surface area contributed by atoms with Gasteiger partial charge in [0.05, 0.1) is 10.7 Å². The first-order valence-electron chi connectivity index (χ1n) is 10.1. The molecule has 1 aliphatic heterocycles. The molecule has 1 saturated carbocycles. The van der Waals surface area contributed by atoms with Crippen molar-refractivity contribution in [2.45, 2.75) is 37.8 Å². The third kappa shape index (κ3) is 4.46.